The number of ether oxygens (including phenoxy) is 1. The fourth-order valence-corrected chi connectivity index (χ4v) is 3.67. The lowest BCUT2D eigenvalue weighted by molar-refractivity contribution is 0.128. The Kier molecular flexibility index (Phi) is 6.87. The quantitative estimate of drug-likeness (QED) is 0.239. The third-order valence-electron chi connectivity index (χ3n) is 4.45. The molecule has 0 radical (unpaired) electrons. The number of nitrogens with two attached hydrogens (primary N) is 1. The van der Waals surface area contributed by atoms with Gasteiger partial charge in [-0.2, -0.15) is 0 Å². The van der Waals surface area contributed by atoms with Gasteiger partial charge in [0, 0.05) is 35.3 Å². The zero-order chi connectivity index (χ0) is 21.3. The molecule has 2 heterocycles. The molecule has 0 amide bonds. The highest BCUT2D eigenvalue weighted by Gasteiger charge is 2.05. The number of amidine groups is 1. The van der Waals surface area contributed by atoms with Gasteiger partial charge in [0.1, 0.15) is 12.4 Å². The van der Waals surface area contributed by atoms with Crippen LogP contribution in [0.5, 0.6) is 5.75 Å². The highest BCUT2D eigenvalue weighted by Crippen LogP contribution is 2.16. The Bertz CT molecular complexity index is 1110. The van der Waals surface area contributed by atoms with Gasteiger partial charge in [-0.1, -0.05) is 41.6 Å². The van der Waals surface area contributed by atoms with Crippen LogP contribution in [0.25, 0.3) is 0 Å². The SMILES string of the molecule is N/C(=N/OCc1csc(Cc2ccccc2)n1)c1ccc(OCc2cccnc2)cc1. The van der Waals surface area contributed by atoms with E-state index in [0.717, 1.165) is 34.0 Å². The van der Waals surface area contributed by atoms with E-state index in [0.29, 0.717) is 12.4 Å². The third kappa shape index (κ3) is 6.13. The van der Waals surface area contributed by atoms with Crippen LogP contribution in [0.15, 0.2) is 89.7 Å². The third-order valence-corrected chi connectivity index (χ3v) is 5.35. The molecule has 2 aromatic carbocycles. The number of thiazole rings is 1. The van der Waals surface area contributed by atoms with Crippen LogP contribution in [0, 0.1) is 0 Å². The first kappa shape index (κ1) is 20.6. The molecule has 0 atom stereocenters. The minimum Gasteiger partial charge on any atom is -0.489 e. The maximum absolute atomic E-state index is 6.04. The molecule has 31 heavy (non-hydrogen) atoms. The predicted octanol–water partition coefficient (Wildman–Crippen LogP) is 4.55. The van der Waals surface area contributed by atoms with Crippen LogP contribution in [0.4, 0.5) is 0 Å². The Morgan fingerprint density at radius 1 is 0.935 bits per heavy atom. The van der Waals surface area contributed by atoms with Crippen LogP contribution in [0.2, 0.25) is 0 Å². The van der Waals surface area contributed by atoms with Crippen molar-refractivity contribution in [1.82, 2.24) is 9.97 Å². The van der Waals surface area contributed by atoms with Gasteiger partial charge in [-0.05, 0) is 35.9 Å². The summed E-state index contributed by atoms with van der Waals surface area (Å²) in [6, 6.07) is 21.5. The number of hydrogen-bond donors (Lipinski definition) is 1. The van der Waals surface area contributed by atoms with Crippen molar-refractivity contribution in [3.63, 3.8) is 0 Å². The van der Waals surface area contributed by atoms with E-state index in [-0.39, 0.29) is 6.61 Å². The van der Waals surface area contributed by atoms with Gasteiger partial charge in [0.25, 0.3) is 0 Å². The summed E-state index contributed by atoms with van der Waals surface area (Å²) in [5.74, 6) is 1.05. The summed E-state index contributed by atoms with van der Waals surface area (Å²) in [4.78, 5) is 14.1. The van der Waals surface area contributed by atoms with Gasteiger partial charge in [0.15, 0.2) is 12.4 Å². The van der Waals surface area contributed by atoms with Crippen molar-refractivity contribution in [2.24, 2.45) is 10.9 Å². The summed E-state index contributed by atoms with van der Waals surface area (Å²) in [5, 5.41) is 7.05. The number of rotatable bonds is 9. The molecule has 0 unspecified atom stereocenters. The Morgan fingerprint density at radius 3 is 2.52 bits per heavy atom. The lowest BCUT2D eigenvalue weighted by atomic mass is 10.2. The standard InChI is InChI=1S/C24H22N4O2S/c25-24(20-8-10-22(11-9-20)29-15-19-7-4-12-26-14-19)28-30-16-21-17-31-23(27-21)13-18-5-2-1-3-6-18/h1-12,14,17H,13,15-16H2,(H2,25,28). The molecule has 0 bridgehead atoms. The summed E-state index contributed by atoms with van der Waals surface area (Å²) >= 11 is 1.62. The zero-order valence-electron chi connectivity index (χ0n) is 16.8. The molecule has 0 spiro atoms. The molecular weight excluding hydrogens is 408 g/mol. The second kappa shape index (κ2) is 10.4. The van der Waals surface area contributed by atoms with Crippen LogP contribution in [-0.4, -0.2) is 15.8 Å². The molecule has 0 saturated carbocycles. The van der Waals surface area contributed by atoms with Crippen LogP contribution < -0.4 is 10.5 Å². The van der Waals surface area contributed by atoms with Gasteiger partial charge in [0.05, 0.1) is 10.7 Å². The van der Waals surface area contributed by atoms with Gasteiger partial charge >= 0.3 is 0 Å². The topological polar surface area (TPSA) is 82.6 Å². The predicted molar refractivity (Wildman–Crippen MR) is 122 cm³/mol. The smallest absolute Gasteiger partial charge is 0.170 e. The molecule has 156 valence electrons. The average Bonchev–Trinajstić information content (AvgIpc) is 3.26. The number of oxime groups is 1. The lowest BCUT2D eigenvalue weighted by Gasteiger charge is -2.07. The van der Waals surface area contributed by atoms with E-state index in [9.17, 15) is 0 Å². The van der Waals surface area contributed by atoms with Gasteiger partial charge in [-0.3, -0.25) is 4.98 Å². The molecule has 4 aromatic rings. The van der Waals surface area contributed by atoms with Crippen molar-refractivity contribution < 1.29 is 9.57 Å². The Morgan fingerprint density at radius 2 is 1.74 bits per heavy atom. The first-order valence-electron chi connectivity index (χ1n) is 9.81. The van der Waals surface area contributed by atoms with Gasteiger partial charge in [0.2, 0.25) is 0 Å². The molecule has 2 aromatic heterocycles. The van der Waals surface area contributed by atoms with Crippen molar-refractivity contribution in [3.05, 3.63) is 112 Å². The van der Waals surface area contributed by atoms with Crippen molar-refractivity contribution in [2.75, 3.05) is 0 Å². The number of hydrogen-bond acceptors (Lipinski definition) is 6. The maximum atomic E-state index is 6.04. The summed E-state index contributed by atoms with van der Waals surface area (Å²) in [6.07, 6.45) is 4.33. The van der Waals surface area contributed by atoms with E-state index < -0.39 is 0 Å². The highest BCUT2D eigenvalue weighted by molar-refractivity contribution is 7.09. The molecule has 0 aliphatic heterocycles. The number of aromatic nitrogens is 2. The molecule has 4 rings (SSSR count). The molecule has 2 N–H and O–H groups in total. The molecular formula is C24H22N4O2S. The van der Waals surface area contributed by atoms with Crippen LogP contribution in [0.1, 0.15) is 27.4 Å². The second-order valence-electron chi connectivity index (χ2n) is 6.82. The van der Waals surface area contributed by atoms with E-state index in [1.807, 2.05) is 60.0 Å². The second-order valence-corrected chi connectivity index (χ2v) is 7.76. The summed E-state index contributed by atoms with van der Waals surface area (Å²) in [6.45, 7) is 0.734. The Balaban J connectivity index is 1.26. The van der Waals surface area contributed by atoms with Gasteiger partial charge in [-0.25, -0.2) is 4.98 Å². The monoisotopic (exact) mass is 430 g/mol. The van der Waals surface area contributed by atoms with Crippen molar-refractivity contribution in [3.8, 4) is 5.75 Å². The molecule has 0 saturated heterocycles. The van der Waals surface area contributed by atoms with Crippen molar-refractivity contribution >= 4 is 17.2 Å². The van der Waals surface area contributed by atoms with E-state index in [2.05, 4.69) is 27.3 Å². The van der Waals surface area contributed by atoms with E-state index in [1.54, 1.807) is 23.7 Å². The summed E-state index contributed by atoms with van der Waals surface area (Å²) in [5.41, 5.74) is 9.88. The molecule has 0 fully saturated rings. The Labute approximate surface area is 185 Å². The summed E-state index contributed by atoms with van der Waals surface area (Å²) < 4.78 is 5.75. The first-order chi connectivity index (χ1) is 15.3. The highest BCUT2D eigenvalue weighted by atomic mass is 32.1. The van der Waals surface area contributed by atoms with Crippen molar-refractivity contribution in [2.45, 2.75) is 19.6 Å². The van der Waals surface area contributed by atoms with Crippen LogP contribution >= 0.6 is 11.3 Å². The average molecular weight is 431 g/mol. The van der Waals surface area contributed by atoms with Crippen LogP contribution in [-0.2, 0) is 24.5 Å². The molecule has 0 aliphatic carbocycles. The minimum atomic E-state index is 0.276. The van der Waals surface area contributed by atoms with Crippen LogP contribution in [0.3, 0.4) is 0 Å². The minimum absolute atomic E-state index is 0.276. The summed E-state index contributed by atoms with van der Waals surface area (Å²) in [7, 11) is 0. The number of pyridine rings is 1. The normalized spacial score (nSPS) is 11.3. The fourth-order valence-electron chi connectivity index (χ4n) is 2.86. The van der Waals surface area contributed by atoms with E-state index >= 15 is 0 Å². The Hall–Kier alpha value is -3.71. The number of nitrogens with zero attached hydrogens (tertiary/aromatic N) is 3. The first-order valence-corrected chi connectivity index (χ1v) is 10.7. The maximum Gasteiger partial charge on any atom is 0.170 e. The van der Waals surface area contributed by atoms with Crippen molar-refractivity contribution in [1.29, 1.82) is 0 Å². The van der Waals surface area contributed by atoms with Gasteiger partial charge in [-0.15, -0.1) is 11.3 Å². The fraction of sp³-hybridized carbons (Fsp3) is 0.125. The zero-order valence-corrected chi connectivity index (χ0v) is 17.7. The van der Waals surface area contributed by atoms with E-state index in [1.165, 1.54) is 5.56 Å². The number of benzene rings is 2. The lowest BCUT2D eigenvalue weighted by Crippen LogP contribution is -2.13. The molecule has 0 aliphatic rings. The van der Waals surface area contributed by atoms with Gasteiger partial charge < -0.3 is 15.3 Å². The molecule has 6 nitrogen and oxygen atoms in total. The van der Waals surface area contributed by atoms with E-state index in [4.69, 9.17) is 15.3 Å². The molecule has 7 heteroatoms. The largest absolute Gasteiger partial charge is 0.489 e.